The van der Waals surface area contributed by atoms with Crippen molar-refractivity contribution in [2.24, 2.45) is 10.8 Å². The first-order chi connectivity index (χ1) is 23.7. The van der Waals surface area contributed by atoms with Crippen LogP contribution in [0, 0.1) is 23.8 Å². The van der Waals surface area contributed by atoms with Crippen molar-refractivity contribution in [3.8, 4) is 22.6 Å². The van der Waals surface area contributed by atoms with Gasteiger partial charge in [-0.05, 0) is 67.7 Å². The molecule has 3 heterocycles. The largest absolute Gasteiger partial charge is 0.512 e. The summed E-state index contributed by atoms with van der Waals surface area (Å²) in [6, 6.07) is 27.1. The van der Waals surface area contributed by atoms with Gasteiger partial charge in [-0.1, -0.05) is 104 Å². The van der Waals surface area contributed by atoms with Crippen LogP contribution >= 0.6 is 11.3 Å². The number of benzene rings is 3. The van der Waals surface area contributed by atoms with E-state index >= 15 is 0 Å². The molecule has 0 bridgehead atoms. The fourth-order valence-electron chi connectivity index (χ4n) is 6.34. The Morgan fingerprint density at radius 3 is 2.18 bits per heavy atom. The number of pyridine rings is 1. The van der Waals surface area contributed by atoms with Crippen molar-refractivity contribution in [3.05, 3.63) is 101 Å². The summed E-state index contributed by atoms with van der Waals surface area (Å²) in [7, 11) is 0. The zero-order chi connectivity index (χ0) is 36.4. The molecule has 271 valence electrons. The average Bonchev–Trinajstić information content (AvgIpc) is 3.73. The molecule has 0 aliphatic rings. The number of aliphatic hydroxyl groups is 1. The van der Waals surface area contributed by atoms with E-state index in [-0.39, 0.29) is 47.9 Å². The molecule has 0 saturated carbocycles. The maximum absolute atomic E-state index is 12.2. The molecule has 6 aromatic rings. The SMILES string of the molecule is CCC(C)(CC)C(=O)/C=C(\O)C(C)(CC)CC.Cc1cc2cccc(-c3cc4ccnc(-c5[c-]c6ccccc6c(C(C)(C)C)c5)c4o3)c2s1.[Ir]. The van der Waals surface area contributed by atoms with Crippen molar-refractivity contribution >= 4 is 48.9 Å². The Labute approximate surface area is 321 Å². The summed E-state index contributed by atoms with van der Waals surface area (Å²) in [6.07, 6.45) is 6.62. The zero-order valence-electron chi connectivity index (χ0n) is 31.8. The molecular weight excluding hydrogens is 827 g/mol. The third kappa shape index (κ3) is 8.25. The predicted octanol–water partition coefficient (Wildman–Crippen LogP) is 13.6. The van der Waals surface area contributed by atoms with Crippen LogP contribution in [-0.2, 0) is 30.3 Å². The van der Waals surface area contributed by atoms with Gasteiger partial charge in [-0.25, -0.2) is 0 Å². The first-order valence-electron chi connectivity index (χ1n) is 18.0. The maximum Gasteiger partial charge on any atom is 0.164 e. The topological polar surface area (TPSA) is 63.3 Å². The van der Waals surface area contributed by atoms with Crippen LogP contribution in [0.4, 0.5) is 0 Å². The van der Waals surface area contributed by atoms with Gasteiger partial charge < -0.3 is 9.52 Å². The number of aromatic nitrogens is 1. The molecule has 0 aliphatic heterocycles. The Balaban J connectivity index is 0.000000279. The van der Waals surface area contributed by atoms with Crippen LogP contribution in [0.2, 0.25) is 0 Å². The number of aryl methyl sites for hydroxylation is 1. The predicted molar refractivity (Wildman–Crippen MR) is 213 cm³/mol. The Kier molecular flexibility index (Phi) is 12.6. The van der Waals surface area contributed by atoms with Crippen LogP contribution < -0.4 is 0 Å². The van der Waals surface area contributed by atoms with E-state index in [1.165, 1.54) is 32.0 Å². The summed E-state index contributed by atoms with van der Waals surface area (Å²) in [5.74, 6) is 1.16. The molecule has 0 fully saturated rings. The molecule has 3 aromatic carbocycles. The van der Waals surface area contributed by atoms with Gasteiger partial charge in [0.25, 0.3) is 0 Å². The van der Waals surface area contributed by atoms with Crippen LogP contribution in [0.1, 0.15) is 98.4 Å². The summed E-state index contributed by atoms with van der Waals surface area (Å²) in [4.78, 5) is 18.2. The number of hydrogen-bond donors (Lipinski definition) is 1. The second kappa shape index (κ2) is 16.0. The number of ketones is 1. The molecule has 0 aliphatic carbocycles. The van der Waals surface area contributed by atoms with Crippen molar-refractivity contribution in [1.29, 1.82) is 0 Å². The fourth-order valence-corrected chi connectivity index (χ4v) is 7.37. The Morgan fingerprint density at radius 2 is 1.53 bits per heavy atom. The van der Waals surface area contributed by atoms with E-state index in [1.807, 2.05) is 65.1 Å². The Hall–Kier alpha value is -3.57. The van der Waals surface area contributed by atoms with E-state index in [1.54, 1.807) is 0 Å². The standard InChI is InChI=1S/C30H24NOS.C15H28O2.Ir/c1-18-14-21-9-7-11-24(29(21)33-18)26-17-20-12-13-31-27(28(20)32-26)22-15-19-8-5-6-10-23(19)25(16-22)30(2,3)4;1-7-14(5,8-2)12(16)11-13(17)15(6,9-3)10-4;/h5-14,16-17H,1-4H3;11,16H,7-10H2,1-6H3;/q-1;;/b;12-11-;. The normalized spacial score (nSPS) is 12.5. The van der Waals surface area contributed by atoms with E-state index in [9.17, 15) is 9.90 Å². The van der Waals surface area contributed by atoms with Crippen LogP contribution in [0.3, 0.4) is 0 Å². The minimum Gasteiger partial charge on any atom is -0.512 e. The minimum absolute atomic E-state index is 0. The molecule has 1 radical (unpaired) electrons. The van der Waals surface area contributed by atoms with Gasteiger partial charge >= 0.3 is 0 Å². The Bertz CT molecular complexity index is 2170. The van der Waals surface area contributed by atoms with Gasteiger partial charge in [0, 0.05) is 69.4 Å². The number of hydrogen-bond acceptors (Lipinski definition) is 5. The molecule has 0 amide bonds. The Morgan fingerprint density at radius 1 is 0.863 bits per heavy atom. The van der Waals surface area contributed by atoms with Gasteiger partial charge in [-0.3, -0.25) is 9.78 Å². The number of aliphatic hydroxyl groups excluding tert-OH is 1. The smallest absolute Gasteiger partial charge is 0.164 e. The number of furan rings is 1. The van der Waals surface area contributed by atoms with Gasteiger partial charge in [0.1, 0.15) is 17.1 Å². The van der Waals surface area contributed by atoms with Crippen LogP contribution in [0.5, 0.6) is 0 Å². The fraction of sp³-hybridized carbons (Fsp3) is 0.378. The molecule has 0 saturated heterocycles. The van der Waals surface area contributed by atoms with Gasteiger partial charge in [0.15, 0.2) is 5.78 Å². The number of thiophene rings is 1. The number of carbonyl (C=O) groups is 1. The first kappa shape index (κ1) is 40.2. The van der Waals surface area contributed by atoms with E-state index in [0.717, 1.165) is 64.6 Å². The van der Waals surface area contributed by atoms with Crippen LogP contribution in [0.15, 0.2) is 89.2 Å². The summed E-state index contributed by atoms with van der Waals surface area (Å²) >= 11 is 1.81. The van der Waals surface area contributed by atoms with Gasteiger partial charge in [-0.2, -0.15) is 0 Å². The van der Waals surface area contributed by atoms with Crippen molar-refractivity contribution in [2.45, 2.75) is 100 Å². The number of allylic oxidation sites excluding steroid dienone is 2. The molecule has 6 rings (SSSR count). The van der Waals surface area contributed by atoms with Gasteiger partial charge in [0.2, 0.25) is 0 Å². The first-order valence-corrected chi connectivity index (χ1v) is 18.8. The molecule has 3 aromatic heterocycles. The molecule has 1 N–H and O–H groups in total. The van der Waals surface area contributed by atoms with Crippen LogP contribution in [0.25, 0.3) is 54.4 Å². The summed E-state index contributed by atoms with van der Waals surface area (Å²) in [5.41, 5.74) is 4.43. The molecule has 4 nitrogen and oxygen atoms in total. The number of carbonyl (C=O) groups excluding carboxylic acids is 1. The summed E-state index contributed by atoms with van der Waals surface area (Å²) in [5, 5.41) is 14.8. The number of fused-ring (bicyclic) bond motifs is 3. The molecule has 6 heteroatoms. The number of nitrogens with zero attached hydrogens (tertiary/aromatic N) is 1. The van der Waals surface area contributed by atoms with E-state index < -0.39 is 0 Å². The average molecular weight is 879 g/mol. The monoisotopic (exact) mass is 879 g/mol. The third-order valence-corrected chi connectivity index (χ3v) is 11.9. The summed E-state index contributed by atoms with van der Waals surface area (Å²) in [6.45, 7) is 21.0. The maximum atomic E-state index is 12.2. The van der Waals surface area contributed by atoms with E-state index in [4.69, 9.17) is 9.40 Å². The molecule has 0 unspecified atom stereocenters. The molecule has 0 spiro atoms. The van der Waals surface area contributed by atoms with Crippen LogP contribution in [-0.4, -0.2) is 15.9 Å². The number of rotatable bonds is 9. The molecule has 0 atom stereocenters. The van der Waals surface area contributed by atoms with Gasteiger partial charge in [0.05, 0.1) is 0 Å². The zero-order valence-corrected chi connectivity index (χ0v) is 35.0. The summed E-state index contributed by atoms with van der Waals surface area (Å²) < 4.78 is 7.78. The minimum atomic E-state index is -0.337. The van der Waals surface area contributed by atoms with Crippen molar-refractivity contribution in [2.75, 3.05) is 0 Å². The van der Waals surface area contributed by atoms with Crippen molar-refractivity contribution in [3.63, 3.8) is 0 Å². The molecular formula is C45H52IrNO3S-. The van der Waals surface area contributed by atoms with Crippen molar-refractivity contribution in [1.82, 2.24) is 4.98 Å². The van der Waals surface area contributed by atoms with E-state index in [0.29, 0.717) is 0 Å². The second-order valence-electron chi connectivity index (χ2n) is 15.1. The third-order valence-electron chi connectivity index (χ3n) is 10.8. The quantitative estimate of drug-likeness (QED) is 0.0893. The van der Waals surface area contributed by atoms with E-state index in [2.05, 4.69) is 94.4 Å². The van der Waals surface area contributed by atoms with Crippen molar-refractivity contribution < 1.29 is 34.4 Å². The van der Waals surface area contributed by atoms with Gasteiger partial charge in [-0.15, -0.1) is 40.5 Å². The molecule has 51 heavy (non-hydrogen) atoms. The second-order valence-corrected chi connectivity index (χ2v) is 16.3.